The van der Waals surface area contributed by atoms with Gasteiger partial charge in [0.25, 0.3) is 0 Å². The van der Waals surface area contributed by atoms with Gasteiger partial charge in [0.2, 0.25) is 0 Å². The molecule has 0 aromatic heterocycles. The standard InChI is InChI=1S/C9H10O2.C7H4O/c1-7(9(10)11)8-5-3-2-4-6-8;8-7-5-2-1-3-6(7)4-5/h2-7H,1H3,(H,10,11);1-4H. The lowest BCUT2D eigenvalue weighted by atomic mass is 9.92. The Morgan fingerprint density at radius 1 is 1.00 bits per heavy atom. The average molecular weight is 254 g/mol. The molecule has 1 atom stereocenters. The molecule has 0 spiro atoms. The number of aliphatic carboxylic acids is 1. The molecule has 0 saturated heterocycles. The molecule has 3 nitrogen and oxygen atoms in total. The lowest BCUT2D eigenvalue weighted by Crippen LogP contribution is -2.10. The summed E-state index contributed by atoms with van der Waals surface area (Å²) in [5, 5.41) is 8.64. The quantitative estimate of drug-likeness (QED) is 0.764. The number of carboxylic acids is 1. The summed E-state index contributed by atoms with van der Waals surface area (Å²) in [5.41, 5.74) is 2.55. The molecule has 3 heteroatoms. The van der Waals surface area contributed by atoms with E-state index >= 15 is 0 Å². The van der Waals surface area contributed by atoms with E-state index in [9.17, 15) is 9.59 Å². The van der Waals surface area contributed by atoms with E-state index in [1.165, 1.54) is 0 Å². The van der Waals surface area contributed by atoms with Crippen LogP contribution < -0.4 is 0 Å². The molecule has 2 bridgehead atoms. The monoisotopic (exact) mass is 254 g/mol. The van der Waals surface area contributed by atoms with Gasteiger partial charge in [0, 0.05) is 11.1 Å². The summed E-state index contributed by atoms with van der Waals surface area (Å²) in [6.07, 6.45) is 0. The summed E-state index contributed by atoms with van der Waals surface area (Å²) in [4.78, 5) is 21.2. The van der Waals surface area contributed by atoms with Gasteiger partial charge >= 0.3 is 5.97 Å². The Morgan fingerprint density at radius 2 is 1.58 bits per heavy atom. The smallest absolute Gasteiger partial charge is 0.310 e. The highest BCUT2D eigenvalue weighted by Crippen LogP contribution is 2.19. The molecule has 0 fully saturated rings. The second-order valence-electron chi connectivity index (χ2n) is 4.38. The van der Waals surface area contributed by atoms with E-state index in [1.807, 2.05) is 54.6 Å². The lowest BCUT2D eigenvalue weighted by Gasteiger charge is -2.10. The number of carboxylic acid groups (broad SMARTS) is 1. The van der Waals surface area contributed by atoms with Crippen molar-refractivity contribution in [3.63, 3.8) is 0 Å². The van der Waals surface area contributed by atoms with Crippen LogP contribution >= 0.6 is 0 Å². The summed E-state index contributed by atoms with van der Waals surface area (Å²) < 4.78 is 0. The molecule has 19 heavy (non-hydrogen) atoms. The van der Waals surface area contributed by atoms with Crippen LogP contribution in [0.25, 0.3) is 0 Å². The van der Waals surface area contributed by atoms with Crippen molar-refractivity contribution in [2.24, 2.45) is 0 Å². The first-order valence-electron chi connectivity index (χ1n) is 6.02. The van der Waals surface area contributed by atoms with E-state index in [0.717, 1.165) is 16.7 Å². The number of hydrogen-bond donors (Lipinski definition) is 1. The van der Waals surface area contributed by atoms with Crippen LogP contribution in [0.4, 0.5) is 0 Å². The Kier molecular flexibility index (Phi) is 3.76. The van der Waals surface area contributed by atoms with Crippen LogP contribution in [-0.4, -0.2) is 16.9 Å². The SMILES string of the molecule is CC(C(=O)O)c1ccccc1.O=C1c2cccc1c2. The number of fused-ring (bicyclic) bond motifs is 2. The van der Waals surface area contributed by atoms with Crippen molar-refractivity contribution in [1.29, 1.82) is 0 Å². The van der Waals surface area contributed by atoms with Gasteiger partial charge in [-0.1, -0.05) is 48.5 Å². The van der Waals surface area contributed by atoms with Gasteiger partial charge in [0.15, 0.2) is 5.78 Å². The second-order valence-corrected chi connectivity index (χ2v) is 4.38. The van der Waals surface area contributed by atoms with Crippen LogP contribution in [0, 0.1) is 0 Å². The van der Waals surface area contributed by atoms with Gasteiger partial charge < -0.3 is 5.11 Å². The Bertz CT molecular complexity index is 574. The molecule has 0 heterocycles. The Labute approximate surface area is 111 Å². The summed E-state index contributed by atoms with van der Waals surface area (Å²) in [6.45, 7) is 1.68. The fourth-order valence-corrected chi connectivity index (χ4v) is 1.77. The van der Waals surface area contributed by atoms with Crippen LogP contribution in [0.15, 0.2) is 54.6 Å². The number of ketones is 1. The maximum Gasteiger partial charge on any atom is 0.310 e. The number of carbonyl (C=O) groups excluding carboxylic acids is 1. The van der Waals surface area contributed by atoms with E-state index in [0.29, 0.717) is 0 Å². The fraction of sp³-hybridized carbons (Fsp3) is 0.125. The molecule has 2 aliphatic carbocycles. The normalized spacial score (nSPS) is 12.8. The molecule has 2 aromatic rings. The van der Waals surface area contributed by atoms with E-state index in [2.05, 4.69) is 0 Å². The minimum absolute atomic E-state index is 0.201. The third-order valence-electron chi connectivity index (χ3n) is 3.06. The van der Waals surface area contributed by atoms with E-state index < -0.39 is 11.9 Å². The van der Waals surface area contributed by atoms with Gasteiger partial charge in [-0.15, -0.1) is 0 Å². The van der Waals surface area contributed by atoms with Crippen molar-refractivity contribution in [3.8, 4) is 0 Å². The molecular formula is C16H14O3. The highest BCUT2D eigenvalue weighted by Gasteiger charge is 2.17. The maximum atomic E-state index is 10.7. The summed E-state index contributed by atoms with van der Waals surface area (Å²) >= 11 is 0. The zero-order valence-electron chi connectivity index (χ0n) is 10.5. The van der Waals surface area contributed by atoms with E-state index in [-0.39, 0.29) is 5.78 Å². The van der Waals surface area contributed by atoms with Crippen LogP contribution in [0.3, 0.4) is 0 Å². The van der Waals surface area contributed by atoms with Gasteiger partial charge in [-0.2, -0.15) is 0 Å². The summed E-state index contributed by atoms with van der Waals surface area (Å²) in [6, 6.07) is 16.6. The van der Waals surface area contributed by atoms with Crippen molar-refractivity contribution in [3.05, 3.63) is 71.3 Å². The average Bonchev–Trinajstić information content (AvgIpc) is 2.48. The molecule has 2 aromatic carbocycles. The lowest BCUT2D eigenvalue weighted by molar-refractivity contribution is -0.138. The van der Waals surface area contributed by atoms with Crippen LogP contribution in [0.1, 0.15) is 34.3 Å². The third-order valence-corrected chi connectivity index (χ3v) is 3.06. The molecule has 4 rings (SSSR count). The van der Waals surface area contributed by atoms with Gasteiger partial charge in [-0.25, -0.2) is 0 Å². The topological polar surface area (TPSA) is 54.4 Å². The number of benzene rings is 2. The zero-order chi connectivity index (χ0) is 13.8. The van der Waals surface area contributed by atoms with Crippen molar-refractivity contribution in [2.45, 2.75) is 12.8 Å². The predicted octanol–water partition coefficient (Wildman–Crippen LogP) is 3.11. The largest absolute Gasteiger partial charge is 0.481 e. The molecular weight excluding hydrogens is 240 g/mol. The minimum atomic E-state index is -0.781. The molecule has 0 amide bonds. The van der Waals surface area contributed by atoms with Crippen LogP contribution in [-0.2, 0) is 4.79 Å². The highest BCUT2D eigenvalue weighted by molar-refractivity contribution is 6.16. The molecule has 0 radical (unpaired) electrons. The second kappa shape index (κ2) is 5.48. The van der Waals surface area contributed by atoms with Crippen LogP contribution in [0.5, 0.6) is 0 Å². The van der Waals surface area contributed by atoms with E-state index in [1.54, 1.807) is 6.92 Å². The first kappa shape index (κ1) is 13.0. The molecule has 1 unspecified atom stereocenters. The fourth-order valence-electron chi connectivity index (χ4n) is 1.77. The van der Waals surface area contributed by atoms with E-state index in [4.69, 9.17) is 5.11 Å². The molecule has 0 saturated carbocycles. The maximum absolute atomic E-state index is 10.7. The van der Waals surface area contributed by atoms with Crippen molar-refractivity contribution in [1.82, 2.24) is 0 Å². The molecule has 2 aliphatic rings. The Balaban J connectivity index is 0.000000146. The number of carbonyl (C=O) groups is 2. The molecule has 0 aliphatic heterocycles. The Morgan fingerprint density at radius 3 is 1.95 bits per heavy atom. The number of rotatable bonds is 2. The highest BCUT2D eigenvalue weighted by atomic mass is 16.4. The van der Waals surface area contributed by atoms with Crippen LogP contribution in [0.2, 0.25) is 0 Å². The molecule has 1 N–H and O–H groups in total. The zero-order valence-corrected chi connectivity index (χ0v) is 10.5. The summed E-state index contributed by atoms with van der Waals surface area (Å²) in [7, 11) is 0. The Hall–Kier alpha value is -2.42. The van der Waals surface area contributed by atoms with Gasteiger partial charge in [-0.3, -0.25) is 9.59 Å². The van der Waals surface area contributed by atoms with Gasteiger partial charge in [0.1, 0.15) is 0 Å². The summed E-state index contributed by atoms with van der Waals surface area (Å²) in [5.74, 6) is -0.986. The minimum Gasteiger partial charge on any atom is -0.481 e. The van der Waals surface area contributed by atoms with Gasteiger partial charge in [0.05, 0.1) is 5.92 Å². The van der Waals surface area contributed by atoms with Crippen molar-refractivity contribution >= 4 is 11.8 Å². The number of hydrogen-bond acceptors (Lipinski definition) is 2. The van der Waals surface area contributed by atoms with Gasteiger partial charge in [-0.05, 0) is 18.6 Å². The third kappa shape index (κ3) is 2.88. The van der Waals surface area contributed by atoms with Crippen molar-refractivity contribution in [2.75, 3.05) is 0 Å². The van der Waals surface area contributed by atoms with Crippen molar-refractivity contribution < 1.29 is 14.7 Å². The predicted molar refractivity (Wildman–Crippen MR) is 72.4 cm³/mol. The first-order valence-corrected chi connectivity index (χ1v) is 6.02. The first-order chi connectivity index (χ1) is 9.09. The molecule has 96 valence electrons.